The Morgan fingerprint density at radius 1 is 1.22 bits per heavy atom. The van der Waals surface area contributed by atoms with Gasteiger partial charge in [-0.25, -0.2) is 0 Å². The van der Waals surface area contributed by atoms with Crippen LogP contribution >= 0.6 is 11.6 Å². The van der Waals surface area contributed by atoms with Crippen molar-refractivity contribution in [2.45, 2.75) is 56.1 Å². The molecule has 0 aromatic heterocycles. The summed E-state index contributed by atoms with van der Waals surface area (Å²) in [6.07, 6.45) is 4.41. The van der Waals surface area contributed by atoms with E-state index in [1.165, 1.54) is 0 Å². The van der Waals surface area contributed by atoms with Gasteiger partial charge in [0.1, 0.15) is 0 Å². The van der Waals surface area contributed by atoms with Crippen molar-refractivity contribution in [2.24, 2.45) is 5.92 Å². The standard InChI is InChI=1S/C18H24ClNO3/c19-14-5-3-13(4-6-14)18(7-1-2-8-18)17(23)20-15-9-12(11-21)16(22)10-15/h3-6,12,15-16,21-22H,1-2,7-11H2,(H,20,23)/t12-,15-,16-/m1/s1. The van der Waals surface area contributed by atoms with Gasteiger partial charge in [-0.2, -0.15) is 0 Å². The predicted octanol–water partition coefficient (Wildman–Crippen LogP) is 2.40. The maximum absolute atomic E-state index is 13.0. The molecule has 0 bridgehead atoms. The minimum Gasteiger partial charge on any atom is -0.396 e. The first-order valence-corrected chi connectivity index (χ1v) is 8.79. The van der Waals surface area contributed by atoms with Crippen molar-refractivity contribution in [3.05, 3.63) is 34.9 Å². The molecule has 4 nitrogen and oxygen atoms in total. The Hall–Kier alpha value is -1.10. The highest BCUT2D eigenvalue weighted by atomic mass is 35.5. The molecule has 2 aliphatic carbocycles. The van der Waals surface area contributed by atoms with E-state index in [9.17, 15) is 15.0 Å². The van der Waals surface area contributed by atoms with Crippen molar-refractivity contribution >= 4 is 17.5 Å². The van der Waals surface area contributed by atoms with E-state index in [1.807, 2.05) is 24.3 Å². The summed E-state index contributed by atoms with van der Waals surface area (Å²) in [5.41, 5.74) is 0.543. The van der Waals surface area contributed by atoms with Gasteiger partial charge in [0.2, 0.25) is 5.91 Å². The zero-order valence-corrected chi connectivity index (χ0v) is 13.9. The molecule has 3 atom stereocenters. The summed E-state index contributed by atoms with van der Waals surface area (Å²) in [6.45, 7) is -0.0319. The molecule has 0 spiro atoms. The van der Waals surface area contributed by atoms with Crippen LogP contribution in [0.2, 0.25) is 5.02 Å². The zero-order valence-electron chi connectivity index (χ0n) is 13.2. The van der Waals surface area contributed by atoms with Gasteiger partial charge in [-0.3, -0.25) is 4.79 Å². The fourth-order valence-electron chi connectivity index (χ4n) is 4.13. The Bertz CT molecular complexity index is 554. The lowest BCUT2D eigenvalue weighted by molar-refractivity contribution is -0.127. The number of hydrogen-bond donors (Lipinski definition) is 3. The summed E-state index contributed by atoms with van der Waals surface area (Å²) in [6, 6.07) is 7.52. The number of halogens is 1. The molecule has 0 heterocycles. The van der Waals surface area contributed by atoms with Crippen LogP contribution in [0.15, 0.2) is 24.3 Å². The number of aliphatic hydroxyl groups excluding tert-OH is 2. The minimum absolute atomic E-state index is 0.0319. The van der Waals surface area contributed by atoms with Gasteiger partial charge in [-0.1, -0.05) is 36.6 Å². The summed E-state index contributed by atoms with van der Waals surface area (Å²) >= 11 is 5.98. The Balaban J connectivity index is 1.76. The molecular weight excluding hydrogens is 314 g/mol. The van der Waals surface area contributed by atoms with Gasteiger partial charge >= 0.3 is 0 Å². The molecular formula is C18H24ClNO3. The normalized spacial score (nSPS) is 29.6. The molecule has 3 rings (SSSR count). The SMILES string of the molecule is O=C(N[C@@H]1C[C@H](CO)[C@H](O)C1)C1(c2ccc(Cl)cc2)CCCC1. The summed E-state index contributed by atoms with van der Waals surface area (Å²) in [5.74, 6) is -0.0801. The number of nitrogens with one attached hydrogen (secondary N) is 1. The lowest BCUT2D eigenvalue weighted by atomic mass is 9.78. The molecule has 2 fully saturated rings. The van der Waals surface area contributed by atoms with E-state index in [2.05, 4.69) is 5.32 Å². The maximum atomic E-state index is 13.0. The van der Waals surface area contributed by atoms with E-state index in [4.69, 9.17) is 11.6 Å². The third-order valence-electron chi connectivity index (χ3n) is 5.52. The molecule has 0 unspecified atom stereocenters. The molecule has 2 saturated carbocycles. The van der Waals surface area contributed by atoms with Crippen LogP contribution in [0.4, 0.5) is 0 Å². The highest BCUT2D eigenvalue weighted by Crippen LogP contribution is 2.42. The third-order valence-corrected chi connectivity index (χ3v) is 5.77. The summed E-state index contributed by atoms with van der Waals surface area (Å²) < 4.78 is 0. The largest absolute Gasteiger partial charge is 0.396 e. The fraction of sp³-hybridized carbons (Fsp3) is 0.611. The molecule has 0 radical (unpaired) electrons. The molecule has 0 saturated heterocycles. The van der Waals surface area contributed by atoms with E-state index < -0.39 is 11.5 Å². The van der Waals surface area contributed by atoms with Crippen molar-refractivity contribution < 1.29 is 15.0 Å². The molecule has 0 aliphatic heterocycles. The molecule has 3 N–H and O–H groups in total. The molecule has 126 valence electrons. The monoisotopic (exact) mass is 337 g/mol. The van der Waals surface area contributed by atoms with Crippen LogP contribution in [0.3, 0.4) is 0 Å². The Kier molecular flexibility index (Phi) is 4.95. The molecule has 5 heteroatoms. The Labute approximate surface area is 141 Å². The second-order valence-corrected chi connectivity index (χ2v) is 7.38. The molecule has 23 heavy (non-hydrogen) atoms. The van der Waals surface area contributed by atoms with Gasteiger partial charge in [0.25, 0.3) is 0 Å². The smallest absolute Gasteiger partial charge is 0.230 e. The van der Waals surface area contributed by atoms with Gasteiger partial charge in [0.15, 0.2) is 0 Å². The topological polar surface area (TPSA) is 69.6 Å². The van der Waals surface area contributed by atoms with E-state index >= 15 is 0 Å². The first-order valence-electron chi connectivity index (χ1n) is 8.41. The minimum atomic E-state index is -0.527. The van der Waals surface area contributed by atoms with Crippen LogP contribution in [0.25, 0.3) is 0 Å². The van der Waals surface area contributed by atoms with Crippen molar-refractivity contribution in [3.63, 3.8) is 0 Å². The van der Waals surface area contributed by atoms with Gasteiger partial charge in [0.05, 0.1) is 11.5 Å². The highest BCUT2D eigenvalue weighted by Gasteiger charge is 2.44. The summed E-state index contributed by atoms with van der Waals surface area (Å²) in [7, 11) is 0. The van der Waals surface area contributed by atoms with Crippen LogP contribution in [0, 0.1) is 5.92 Å². The van der Waals surface area contributed by atoms with Crippen LogP contribution in [0.5, 0.6) is 0 Å². The fourth-order valence-corrected chi connectivity index (χ4v) is 4.26. The van der Waals surface area contributed by atoms with Crippen LogP contribution < -0.4 is 5.32 Å². The maximum Gasteiger partial charge on any atom is 0.230 e. The predicted molar refractivity (Wildman–Crippen MR) is 89.3 cm³/mol. The summed E-state index contributed by atoms with van der Waals surface area (Å²) in [4.78, 5) is 13.0. The summed E-state index contributed by atoms with van der Waals surface area (Å²) in [5, 5.41) is 23.0. The van der Waals surface area contributed by atoms with Crippen molar-refractivity contribution in [1.29, 1.82) is 0 Å². The van der Waals surface area contributed by atoms with E-state index in [0.29, 0.717) is 17.9 Å². The van der Waals surface area contributed by atoms with Crippen molar-refractivity contribution in [2.75, 3.05) is 6.61 Å². The van der Waals surface area contributed by atoms with Gasteiger partial charge < -0.3 is 15.5 Å². The van der Waals surface area contributed by atoms with Crippen LogP contribution in [-0.4, -0.2) is 34.9 Å². The second kappa shape index (κ2) is 6.80. The van der Waals surface area contributed by atoms with E-state index in [-0.39, 0.29) is 24.5 Å². The van der Waals surface area contributed by atoms with Crippen LogP contribution in [-0.2, 0) is 10.2 Å². The van der Waals surface area contributed by atoms with Crippen molar-refractivity contribution in [1.82, 2.24) is 5.32 Å². The number of carbonyl (C=O) groups is 1. The first kappa shape index (κ1) is 16.7. The number of hydrogen-bond acceptors (Lipinski definition) is 3. The number of rotatable bonds is 4. The first-order chi connectivity index (χ1) is 11.0. The Morgan fingerprint density at radius 2 is 1.87 bits per heavy atom. The lowest BCUT2D eigenvalue weighted by Gasteiger charge is -2.30. The quantitative estimate of drug-likeness (QED) is 0.790. The Morgan fingerprint density at radius 3 is 2.43 bits per heavy atom. The molecule has 2 aliphatic rings. The van der Waals surface area contributed by atoms with Gasteiger partial charge in [-0.15, -0.1) is 0 Å². The third kappa shape index (κ3) is 3.25. The highest BCUT2D eigenvalue weighted by molar-refractivity contribution is 6.30. The molecule has 1 amide bonds. The average molecular weight is 338 g/mol. The van der Waals surface area contributed by atoms with Gasteiger partial charge in [-0.05, 0) is 43.4 Å². The number of aliphatic hydroxyl groups is 2. The number of carbonyl (C=O) groups excluding carboxylic acids is 1. The van der Waals surface area contributed by atoms with Gasteiger partial charge in [0, 0.05) is 23.6 Å². The van der Waals surface area contributed by atoms with Crippen molar-refractivity contribution in [3.8, 4) is 0 Å². The second-order valence-electron chi connectivity index (χ2n) is 6.95. The molecule has 1 aromatic carbocycles. The van der Waals surface area contributed by atoms with Crippen LogP contribution in [0.1, 0.15) is 44.1 Å². The number of amides is 1. The average Bonchev–Trinajstić information content (AvgIpc) is 3.15. The lowest BCUT2D eigenvalue weighted by Crippen LogP contribution is -2.46. The van der Waals surface area contributed by atoms with E-state index in [1.54, 1.807) is 0 Å². The zero-order chi connectivity index (χ0) is 16.4. The van der Waals surface area contributed by atoms with E-state index in [0.717, 1.165) is 31.2 Å². The molecule has 1 aromatic rings. The number of benzene rings is 1.